The molecule has 0 bridgehead atoms. The Morgan fingerprint density at radius 3 is 2.58 bits per heavy atom. The van der Waals surface area contributed by atoms with Crippen molar-refractivity contribution < 1.29 is 13.2 Å². The lowest BCUT2D eigenvalue weighted by molar-refractivity contribution is 0.102. The van der Waals surface area contributed by atoms with Gasteiger partial charge in [0, 0.05) is 22.5 Å². The van der Waals surface area contributed by atoms with Crippen molar-refractivity contribution in [1.82, 2.24) is 4.98 Å². The quantitative estimate of drug-likeness (QED) is 0.695. The molecular formula is C18H15ClN2O3S2. The minimum absolute atomic E-state index is 0.149. The fourth-order valence-electron chi connectivity index (χ4n) is 2.34. The average Bonchev–Trinajstić information content (AvgIpc) is 2.96. The Morgan fingerprint density at radius 2 is 1.88 bits per heavy atom. The fourth-order valence-corrected chi connectivity index (χ4v) is 4.16. The number of sulfone groups is 1. The molecule has 3 aromatic rings. The monoisotopic (exact) mass is 406 g/mol. The van der Waals surface area contributed by atoms with Crippen molar-refractivity contribution in [3.05, 3.63) is 64.1 Å². The molecule has 0 saturated carbocycles. The van der Waals surface area contributed by atoms with Crippen LogP contribution >= 0.6 is 22.9 Å². The van der Waals surface area contributed by atoms with Gasteiger partial charge in [-0.2, -0.15) is 0 Å². The first kappa shape index (κ1) is 18.6. The first-order chi connectivity index (χ1) is 12.2. The van der Waals surface area contributed by atoms with Crippen LogP contribution in [0.3, 0.4) is 0 Å². The summed E-state index contributed by atoms with van der Waals surface area (Å²) in [6, 6.07) is 13.4. The zero-order valence-electron chi connectivity index (χ0n) is 14.0. The van der Waals surface area contributed by atoms with Gasteiger partial charge in [0.05, 0.1) is 10.6 Å². The largest absolute Gasteiger partial charge is 0.321 e. The van der Waals surface area contributed by atoms with E-state index in [1.165, 1.54) is 23.5 Å². The van der Waals surface area contributed by atoms with E-state index in [0.717, 1.165) is 11.8 Å². The summed E-state index contributed by atoms with van der Waals surface area (Å²) in [5, 5.41) is 4.02. The zero-order chi connectivity index (χ0) is 18.9. The lowest BCUT2D eigenvalue weighted by atomic mass is 10.2. The second-order valence-electron chi connectivity index (χ2n) is 5.70. The van der Waals surface area contributed by atoms with Gasteiger partial charge in [-0.15, -0.1) is 11.3 Å². The Hall–Kier alpha value is -2.22. The molecule has 0 unspecified atom stereocenters. The summed E-state index contributed by atoms with van der Waals surface area (Å²) in [5.74, 6) is -0.334. The van der Waals surface area contributed by atoms with E-state index in [1.54, 1.807) is 31.2 Å². The first-order valence-corrected chi connectivity index (χ1v) is 10.7. The molecule has 0 aliphatic carbocycles. The van der Waals surface area contributed by atoms with Gasteiger partial charge in [0.2, 0.25) is 0 Å². The van der Waals surface area contributed by atoms with Gasteiger partial charge in [0.25, 0.3) is 5.91 Å². The van der Waals surface area contributed by atoms with Crippen LogP contribution in [0.1, 0.15) is 15.4 Å². The van der Waals surface area contributed by atoms with Crippen LogP contribution in [0.25, 0.3) is 10.6 Å². The molecule has 0 spiro atoms. The number of aromatic nitrogens is 1. The summed E-state index contributed by atoms with van der Waals surface area (Å²) < 4.78 is 23.3. The molecular weight excluding hydrogens is 392 g/mol. The van der Waals surface area contributed by atoms with Crippen LogP contribution in [0, 0.1) is 6.92 Å². The molecule has 3 rings (SSSR count). The maximum Gasteiger partial charge on any atom is 0.267 e. The summed E-state index contributed by atoms with van der Waals surface area (Å²) in [5.41, 5.74) is 1.85. The number of hydrogen-bond acceptors (Lipinski definition) is 5. The van der Waals surface area contributed by atoms with Gasteiger partial charge in [0.1, 0.15) is 9.88 Å². The summed E-state index contributed by atoms with van der Waals surface area (Å²) >= 11 is 7.27. The van der Waals surface area contributed by atoms with Crippen molar-refractivity contribution in [1.29, 1.82) is 0 Å². The highest BCUT2D eigenvalue weighted by atomic mass is 35.5. The van der Waals surface area contributed by atoms with E-state index in [9.17, 15) is 13.2 Å². The molecule has 0 atom stereocenters. The van der Waals surface area contributed by atoms with E-state index in [2.05, 4.69) is 10.3 Å². The van der Waals surface area contributed by atoms with E-state index in [4.69, 9.17) is 11.6 Å². The highest BCUT2D eigenvalue weighted by Crippen LogP contribution is 2.30. The number of carbonyl (C=O) groups is 1. The Morgan fingerprint density at radius 1 is 1.15 bits per heavy atom. The number of aryl methyl sites for hydroxylation is 1. The third kappa shape index (κ3) is 4.12. The molecule has 5 nitrogen and oxygen atoms in total. The molecule has 1 N–H and O–H groups in total. The molecule has 1 heterocycles. The van der Waals surface area contributed by atoms with Gasteiger partial charge < -0.3 is 5.32 Å². The van der Waals surface area contributed by atoms with Crippen molar-refractivity contribution in [2.45, 2.75) is 11.8 Å². The number of hydrogen-bond donors (Lipinski definition) is 1. The van der Waals surface area contributed by atoms with Gasteiger partial charge in [-0.1, -0.05) is 29.8 Å². The Kier molecular flexibility index (Phi) is 5.13. The molecule has 8 heteroatoms. The van der Waals surface area contributed by atoms with Crippen molar-refractivity contribution >= 4 is 44.4 Å². The lowest BCUT2D eigenvalue weighted by Crippen LogP contribution is -2.12. The summed E-state index contributed by atoms with van der Waals surface area (Å²) in [7, 11) is -3.34. The number of amides is 1. The van der Waals surface area contributed by atoms with E-state index >= 15 is 0 Å². The van der Waals surface area contributed by atoms with Gasteiger partial charge in [-0.3, -0.25) is 4.79 Å². The molecule has 0 aliphatic heterocycles. The standard InChI is InChI=1S/C18H15ClN2O3S2/c1-11-16(25-18(20-11)12-5-3-6-13(19)9-12)17(22)21-14-7-4-8-15(10-14)26(2,23)24/h3-10H,1-2H3,(H,21,22). The third-order valence-electron chi connectivity index (χ3n) is 3.59. The number of rotatable bonds is 4. The van der Waals surface area contributed by atoms with Crippen LogP contribution in [0.4, 0.5) is 5.69 Å². The normalized spacial score (nSPS) is 11.3. The third-order valence-corrected chi connectivity index (χ3v) is 6.15. The van der Waals surface area contributed by atoms with Gasteiger partial charge >= 0.3 is 0 Å². The Balaban J connectivity index is 1.87. The predicted molar refractivity (Wildman–Crippen MR) is 105 cm³/mol. The predicted octanol–water partition coefficient (Wildman–Crippen LogP) is 4.43. The number of anilines is 1. The van der Waals surface area contributed by atoms with Crippen molar-refractivity contribution in [2.24, 2.45) is 0 Å². The van der Waals surface area contributed by atoms with Gasteiger partial charge in [-0.25, -0.2) is 13.4 Å². The number of nitrogens with zero attached hydrogens (tertiary/aromatic N) is 1. The lowest BCUT2D eigenvalue weighted by Gasteiger charge is -2.06. The van der Waals surface area contributed by atoms with Crippen molar-refractivity contribution in [3.8, 4) is 10.6 Å². The van der Waals surface area contributed by atoms with Crippen molar-refractivity contribution in [3.63, 3.8) is 0 Å². The molecule has 0 aliphatic rings. The summed E-state index contributed by atoms with van der Waals surface area (Å²) in [4.78, 5) is 17.6. The summed E-state index contributed by atoms with van der Waals surface area (Å²) in [6.45, 7) is 1.76. The number of halogens is 1. The highest BCUT2D eigenvalue weighted by Gasteiger charge is 2.17. The van der Waals surface area contributed by atoms with E-state index < -0.39 is 9.84 Å². The van der Waals surface area contributed by atoms with E-state index in [1.807, 2.05) is 12.1 Å². The maximum absolute atomic E-state index is 12.6. The number of nitrogens with one attached hydrogen (secondary N) is 1. The van der Waals surface area contributed by atoms with Crippen LogP contribution in [0.2, 0.25) is 5.02 Å². The number of carbonyl (C=O) groups excluding carboxylic acids is 1. The fraction of sp³-hybridized carbons (Fsp3) is 0.111. The van der Waals surface area contributed by atoms with Crippen LogP contribution in [0.5, 0.6) is 0 Å². The van der Waals surface area contributed by atoms with Crippen LogP contribution in [-0.4, -0.2) is 25.6 Å². The Labute approximate surface area is 160 Å². The maximum atomic E-state index is 12.6. The first-order valence-electron chi connectivity index (χ1n) is 7.59. The van der Waals surface area contributed by atoms with Crippen molar-refractivity contribution in [2.75, 3.05) is 11.6 Å². The van der Waals surface area contributed by atoms with E-state index in [0.29, 0.717) is 26.3 Å². The summed E-state index contributed by atoms with van der Waals surface area (Å²) in [6.07, 6.45) is 1.12. The second-order valence-corrected chi connectivity index (χ2v) is 9.15. The Bertz CT molecular complexity index is 1090. The minimum atomic E-state index is -3.34. The number of benzene rings is 2. The smallest absolute Gasteiger partial charge is 0.267 e. The topological polar surface area (TPSA) is 76.1 Å². The van der Waals surface area contributed by atoms with Crippen LogP contribution in [0.15, 0.2) is 53.4 Å². The molecule has 0 saturated heterocycles. The molecule has 0 fully saturated rings. The molecule has 0 radical (unpaired) electrons. The van der Waals surface area contributed by atoms with E-state index in [-0.39, 0.29) is 10.8 Å². The number of thiazole rings is 1. The van der Waals surface area contributed by atoms with Crippen LogP contribution < -0.4 is 5.32 Å². The molecule has 1 aromatic heterocycles. The molecule has 134 valence electrons. The second kappa shape index (κ2) is 7.19. The zero-order valence-corrected chi connectivity index (χ0v) is 16.4. The van der Waals surface area contributed by atoms with Crippen LogP contribution in [-0.2, 0) is 9.84 Å². The van der Waals surface area contributed by atoms with Gasteiger partial charge in [0.15, 0.2) is 9.84 Å². The minimum Gasteiger partial charge on any atom is -0.321 e. The average molecular weight is 407 g/mol. The molecule has 1 amide bonds. The SMILES string of the molecule is Cc1nc(-c2cccc(Cl)c2)sc1C(=O)Nc1cccc(S(C)(=O)=O)c1. The molecule has 26 heavy (non-hydrogen) atoms. The van der Waals surface area contributed by atoms with Gasteiger partial charge in [-0.05, 0) is 37.3 Å². The highest BCUT2D eigenvalue weighted by molar-refractivity contribution is 7.90. The molecule has 2 aromatic carbocycles.